The lowest BCUT2D eigenvalue weighted by Gasteiger charge is -2.20. The molecule has 1 aromatic rings. The number of carbonyl (C=O) groups is 1. The summed E-state index contributed by atoms with van der Waals surface area (Å²) in [5, 5.41) is 8.87. The number of hydrogen-bond acceptors (Lipinski definition) is 4. The Bertz CT molecular complexity index is 451. The van der Waals surface area contributed by atoms with Crippen molar-refractivity contribution in [1.82, 2.24) is 4.90 Å². The van der Waals surface area contributed by atoms with E-state index in [1.807, 2.05) is 43.1 Å². The Morgan fingerprint density at radius 3 is 2.61 bits per heavy atom. The number of esters is 1. The van der Waals surface area contributed by atoms with Crippen molar-refractivity contribution in [3.63, 3.8) is 0 Å². The van der Waals surface area contributed by atoms with Crippen LogP contribution in [0.3, 0.4) is 0 Å². The highest BCUT2D eigenvalue weighted by molar-refractivity contribution is 5.72. The lowest BCUT2D eigenvalue weighted by Crippen LogP contribution is -2.27. The maximum absolute atomic E-state index is 11.3. The Morgan fingerprint density at radius 2 is 2.06 bits per heavy atom. The van der Waals surface area contributed by atoms with Gasteiger partial charge in [0.25, 0.3) is 0 Å². The fourth-order valence-corrected chi connectivity index (χ4v) is 1.62. The van der Waals surface area contributed by atoms with Crippen LogP contribution in [0, 0.1) is 11.3 Å². The fourth-order valence-electron chi connectivity index (χ4n) is 1.62. The zero-order chi connectivity index (χ0) is 13.5. The van der Waals surface area contributed by atoms with Gasteiger partial charge >= 0.3 is 5.97 Å². The first-order valence-corrected chi connectivity index (χ1v) is 5.82. The van der Waals surface area contributed by atoms with Crippen LogP contribution in [0.15, 0.2) is 24.3 Å². The van der Waals surface area contributed by atoms with Crippen molar-refractivity contribution in [1.29, 1.82) is 5.26 Å². The SMILES string of the molecule is COC(=O)Cc1ccccc1CN(C)C(C)C#N. The highest BCUT2D eigenvalue weighted by atomic mass is 16.5. The molecule has 4 heteroatoms. The third-order valence-corrected chi connectivity index (χ3v) is 2.95. The van der Waals surface area contributed by atoms with E-state index in [4.69, 9.17) is 5.26 Å². The van der Waals surface area contributed by atoms with E-state index in [9.17, 15) is 4.79 Å². The monoisotopic (exact) mass is 246 g/mol. The molecular weight excluding hydrogens is 228 g/mol. The summed E-state index contributed by atoms with van der Waals surface area (Å²) >= 11 is 0. The Labute approximate surface area is 108 Å². The maximum Gasteiger partial charge on any atom is 0.309 e. The van der Waals surface area contributed by atoms with E-state index in [-0.39, 0.29) is 18.4 Å². The van der Waals surface area contributed by atoms with E-state index in [2.05, 4.69) is 10.8 Å². The summed E-state index contributed by atoms with van der Waals surface area (Å²) in [5.41, 5.74) is 1.99. The molecule has 0 N–H and O–H groups in total. The van der Waals surface area contributed by atoms with Crippen LogP contribution in [-0.2, 0) is 22.5 Å². The van der Waals surface area contributed by atoms with Crippen LogP contribution in [0.25, 0.3) is 0 Å². The molecule has 18 heavy (non-hydrogen) atoms. The second kappa shape index (κ2) is 6.77. The van der Waals surface area contributed by atoms with Crippen molar-refractivity contribution in [3.05, 3.63) is 35.4 Å². The summed E-state index contributed by atoms with van der Waals surface area (Å²) in [6, 6.07) is 9.75. The Balaban J connectivity index is 2.82. The normalized spacial score (nSPS) is 11.9. The molecule has 1 atom stereocenters. The summed E-state index contributed by atoms with van der Waals surface area (Å²) in [6.07, 6.45) is 0.265. The van der Waals surface area contributed by atoms with Gasteiger partial charge in [-0.2, -0.15) is 5.26 Å². The van der Waals surface area contributed by atoms with Crippen LogP contribution in [0.2, 0.25) is 0 Å². The molecule has 96 valence electrons. The minimum atomic E-state index is -0.251. The lowest BCUT2D eigenvalue weighted by atomic mass is 10.0. The largest absolute Gasteiger partial charge is 0.469 e. The van der Waals surface area contributed by atoms with Crippen LogP contribution in [0.4, 0.5) is 0 Å². The Morgan fingerprint density at radius 1 is 1.44 bits per heavy atom. The minimum Gasteiger partial charge on any atom is -0.469 e. The second-order valence-corrected chi connectivity index (χ2v) is 4.24. The first kappa shape index (κ1) is 14.2. The van der Waals surface area contributed by atoms with Gasteiger partial charge in [0.2, 0.25) is 0 Å². The van der Waals surface area contributed by atoms with Gasteiger partial charge in [0.05, 0.1) is 25.6 Å². The minimum absolute atomic E-state index is 0.156. The molecule has 0 heterocycles. The van der Waals surface area contributed by atoms with Gasteiger partial charge < -0.3 is 4.74 Å². The van der Waals surface area contributed by atoms with Crippen molar-refractivity contribution < 1.29 is 9.53 Å². The van der Waals surface area contributed by atoms with Gasteiger partial charge in [0, 0.05) is 6.54 Å². The number of methoxy groups -OCH3 is 1. The predicted octanol–water partition coefficient (Wildman–Crippen LogP) is 1.75. The van der Waals surface area contributed by atoms with E-state index in [0.717, 1.165) is 11.1 Å². The molecule has 1 unspecified atom stereocenters. The number of nitriles is 1. The van der Waals surface area contributed by atoms with Crippen LogP contribution in [0.1, 0.15) is 18.1 Å². The van der Waals surface area contributed by atoms with Crippen molar-refractivity contribution in [3.8, 4) is 6.07 Å². The van der Waals surface area contributed by atoms with E-state index >= 15 is 0 Å². The van der Waals surface area contributed by atoms with Crippen molar-refractivity contribution in [2.24, 2.45) is 0 Å². The molecule has 0 saturated heterocycles. The average Bonchev–Trinajstić information content (AvgIpc) is 2.39. The molecule has 0 aliphatic heterocycles. The number of benzene rings is 1. The molecule has 4 nitrogen and oxygen atoms in total. The summed E-state index contributed by atoms with van der Waals surface area (Å²) in [7, 11) is 3.28. The summed E-state index contributed by atoms with van der Waals surface area (Å²) < 4.78 is 4.68. The summed E-state index contributed by atoms with van der Waals surface area (Å²) in [4.78, 5) is 13.3. The molecule has 1 rings (SSSR count). The Kier molecular flexibility index (Phi) is 5.34. The predicted molar refractivity (Wildman–Crippen MR) is 68.7 cm³/mol. The number of hydrogen-bond donors (Lipinski definition) is 0. The van der Waals surface area contributed by atoms with E-state index < -0.39 is 0 Å². The van der Waals surface area contributed by atoms with E-state index in [1.165, 1.54) is 7.11 Å². The average molecular weight is 246 g/mol. The first-order valence-electron chi connectivity index (χ1n) is 5.82. The molecule has 0 aromatic heterocycles. The van der Waals surface area contributed by atoms with E-state index in [1.54, 1.807) is 0 Å². The van der Waals surface area contributed by atoms with E-state index in [0.29, 0.717) is 6.54 Å². The number of ether oxygens (including phenoxy) is 1. The third kappa shape index (κ3) is 3.86. The second-order valence-electron chi connectivity index (χ2n) is 4.24. The van der Waals surface area contributed by atoms with Crippen LogP contribution in [-0.4, -0.2) is 31.1 Å². The molecule has 0 bridgehead atoms. The van der Waals surface area contributed by atoms with Crippen molar-refractivity contribution >= 4 is 5.97 Å². The van der Waals surface area contributed by atoms with Crippen molar-refractivity contribution in [2.75, 3.05) is 14.2 Å². The first-order chi connectivity index (χ1) is 8.58. The lowest BCUT2D eigenvalue weighted by molar-refractivity contribution is -0.139. The molecule has 0 saturated carbocycles. The molecule has 1 aromatic carbocycles. The molecule has 0 aliphatic rings. The zero-order valence-electron chi connectivity index (χ0n) is 11.0. The molecule has 0 spiro atoms. The van der Waals surface area contributed by atoms with Gasteiger partial charge in [0.1, 0.15) is 0 Å². The zero-order valence-corrected chi connectivity index (χ0v) is 11.0. The van der Waals surface area contributed by atoms with Gasteiger partial charge in [-0.1, -0.05) is 24.3 Å². The summed E-state index contributed by atoms with van der Waals surface area (Å²) in [5.74, 6) is -0.251. The van der Waals surface area contributed by atoms with Crippen LogP contribution in [0.5, 0.6) is 0 Å². The van der Waals surface area contributed by atoms with Gasteiger partial charge in [-0.05, 0) is 25.1 Å². The van der Waals surface area contributed by atoms with Gasteiger partial charge in [-0.3, -0.25) is 9.69 Å². The van der Waals surface area contributed by atoms with Gasteiger partial charge in [-0.15, -0.1) is 0 Å². The number of nitrogens with zero attached hydrogens (tertiary/aromatic N) is 2. The molecule has 0 aliphatic carbocycles. The highest BCUT2D eigenvalue weighted by Crippen LogP contribution is 2.13. The van der Waals surface area contributed by atoms with Crippen molar-refractivity contribution in [2.45, 2.75) is 25.9 Å². The highest BCUT2D eigenvalue weighted by Gasteiger charge is 2.12. The van der Waals surface area contributed by atoms with Gasteiger partial charge in [-0.25, -0.2) is 0 Å². The summed E-state index contributed by atoms with van der Waals surface area (Å²) in [6.45, 7) is 2.49. The number of rotatable bonds is 5. The molecule has 0 amide bonds. The number of carbonyl (C=O) groups excluding carboxylic acids is 1. The molecular formula is C14H18N2O2. The molecule has 0 fully saturated rings. The smallest absolute Gasteiger partial charge is 0.309 e. The fraction of sp³-hybridized carbons (Fsp3) is 0.429. The molecule has 0 radical (unpaired) electrons. The van der Waals surface area contributed by atoms with Crippen LogP contribution < -0.4 is 0 Å². The topological polar surface area (TPSA) is 53.3 Å². The quantitative estimate of drug-likeness (QED) is 0.743. The van der Waals surface area contributed by atoms with Gasteiger partial charge in [0.15, 0.2) is 0 Å². The third-order valence-electron chi connectivity index (χ3n) is 2.95. The Hall–Kier alpha value is -1.86. The maximum atomic E-state index is 11.3. The van der Waals surface area contributed by atoms with Crippen LogP contribution >= 0.6 is 0 Å². The standard InChI is InChI=1S/C14H18N2O2/c1-11(9-15)16(2)10-13-7-5-4-6-12(13)8-14(17)18-3/h4-7,11H,8,10H2,1-3H3.